The molecular formula is C9H12BrClFNO. The highest BCUT2D eigenvalue weighted by atomic mass is 79.9. The molecule has 0 radical (unpaired) electrons. The van der Waals surface area contributed by atoms with Crippen LogP contribution in [0.1, 0.15) is 18.0 Å². The number of hydrogen-bond donors (Lipinski definition) is 2. The monoisotopic (exact) mass is 283 g/mol. The summed E-state index contributed by atoms with van der Waals surface area (Å²) in [5.74, 6) is -0.344. The van der Waals surface area contributed by atoms with Crippen LogP contribution in [0, 0.1) is 5.82 Å². The molecular weight excluding hydrogens is 272 g/mol. The highest BCUT2D eigenvalue weighted by molar-refractivity contribution is 9.10. The highest BCUT2D eigenvalue weighted by Gasteiger charge is 2.12. The minimum absolute atomic E-state index is 0. The summed E-state index contributed by atoms with van der Waals surface area (Å²) in [6, 6.07) is 4.52. The number of rotatable bonds is 3. The Morgan fingerprint density at radius 2 is 2.14 bits per heavy atom. The van der Waals surface area contributed by atoms with E-state index in [-0.39, 0.29) is 24.8 Å². The Hall–Kier alpha value is -0.160. The van der Waals surface area contributed by atoms with Crippen LogP contribution in [0.4, 0.5) is 4.39 Å². The number of aliphatic hydroxyl groups is 1. The predicted octanol–water partition coefficient (Wildman–Crippen LogP) is 2.39. The van der Waals surface area contributed by atoms with Crippen LogP contribution in [-0.2, 0) is 0 Å². The maximum atomic E-state index is 13.4. The smallest absolute Gasteiger partial charge is 0.142 e. The van der Waals surface area contributed by atoms with E-state index in [1.807, 2.05) is 0 Å². The van der Waals surface area contributed by atoms with Crippen LogP contribution in [0.3, 0.4) is 0 Å². The van der Waals surface area contributed by atoms with Gasteiger partial charge in [-0.25, -0.2) is 4.39 Å². The third-order valence-electron chi connectivity index (χ3n) is 1.82. The number of benzene rings is 1. The Morgan fingerprint density at radius 3 is 2.71 bits per heavy atom. The van der Waals surface area contributed by atoms with Crippen LogP contribution >= 0.6 is 28.3 Å². The van der Waals surface area contributed by atoms with Crippen LogP contribution in [0.25, 0.3) is 0 Å². The fourth-order valence-corrected chi connectivity index (χ4v) is 1.48. The van der Waals surface area contributed by atoms with Gasteiger partial charge < -0.3 is 10.8 Å². The van der Waals surface area contributed by atoms with Gasteiger partial charge in [0.15, 0.2) is 0 Å². The van der Waals surface area contributed by atoms with E-state index in [2.05, 4.69) is 15.9 Å². The second-order valence-corrected chi connectivity index (χ2v) is 3.62. The van der Waals surface area contributed by atoms with Gasteiger partial charge in [-0.15, -0.1) is 12.4 Å². The van der Waals surface area contributed by atoms with E-state index in [9.17, 15) is 4.39 Å². The van der Waals surface area contributed by atoms with Crippen molar-refractivity contribution in [2.75, 3.05) is 6.61 Å². The molecule has 14 heavy (non-hydrogen) atoms. The van der Waals surface area contributed by atoms with Crippen molar-refractivity contribution in [1.29, 1.82) is 0 Å². The molecule has 2 nitrogen and oxygen atoms in total. The molecule has 0 heterocycles. The predicted molar refractivity (Wildman–Crippen MR) is 60.0 cm³/mol. The average Bonchev–Trinajstić information content (AvgIpc) is 2.10. The molecule has 0 aliphatic heterocycles. The normalized spacial score (nSPS) is 12.0. The minimum atomic E-state index is -0.442. The zero-order valence-electron chi connectivity index (χ0n) is 7.41. The lowest BCUT2D eigenvalue weighted by Crippen LogP contribution is -2.13. The summed E-state index contributed by atoms with van der Waals surface area (Å²) in [5, 5.41) is 8.64. The Morgan fingerprint density at radius 1 is 1.50 bits per heavy atom. The van der Waals surface area contributed by atoms with Crippen molar-refractivity contribution in [2.45, 2.75) is 12.5 Å². The third-order valence-corrected chi connectivity index (χ3v) is 2.43. The number of nitrogens with two attached hydrogens (primary N) is 1. The molecule has 0 amide bonds. The van der Waals surface area contributed by atoms with Crippen molar-refractivity contribution in [3.05, 3.63) is 34.1 Å². The molecule has 1 atom stereocenters. The Balaban J connectivity index is 0.00000169. The zero-order valence-corrected chi connectivity index (χ0v) is 9.81. The first kappa shape index (κ1) is 13.8. The summed E-state index contributed by atoms with van der Waals surface area (Å²) < 4.78 is 13.8. The molecule has 0 fully saturated rings. The molecule has 0 spiro atoms. The van der Waals surface area contributed by atoms with E-state index in [0.717, 1.165) is 0 Å². The number of aliphatic hydroxyl groups excluding tert-OH is 1. The Bertz CT molecular complexity index is 298. The van der Waals surface area contributed by atoms with E-state index in [0.29, 0.717) is 16.5 Å². The van der Waals surface area contributed by atoms with Gasteiger partial charge in [0, 0.05) is 18.2 Å². The molecule has 0 aromatic heterocycles. The zero-order chi connectivity index (χ0) is 9.84. The van der Waals surface area contributed by atoms with Gasteiger partial charge in [0.1, 0.15) is 5.82 Å². The molecule has 3 N–H and O–H groups in total. The summed E-state index contributed by atoms with van der Waals surface area (Å²) in [6.45, 7) is -0.0346. The van der Waals surface area contributed by atoms with Crippen molar-refractivity contribution < 1.29 is 9.50 Å². The first-order chi connectivity index (χ1) is 6.16. The first-order valence-corrected chi connectivity index (χ1v) is 4.76. The maximum Gasteiger partial charge on any atom is 0.142 e. The highest BCUT2D eigenvalue weighted by Crippen LogP contribution is 2.23. The van der Waals surface area contributed by atoms with Gasteiger partial charge in [-0.05, 0) is 28.4 Å². The lowest BCUT2D eigenvalue weighted by molar-refractivity contribution is 0.275. The van der Waals surface area contributed by atoms with Crippen molar-refractivity contribution in [3.63, 3.8) is 0 Å². The molecule has 0 bridgehead atoms. The fourth-order valence-electron chi connectivity index (χ4n) is 1.10. The van der Waals surface area contributed by atoms with Crippen LogP contribution in [0.15, 0.2) is 22.7 Å². The molecule has 0 saturated heterocycles. The first-order valence-electron chi connectivity index (χ1n) is 3.97. The lowest BCUT2D eigenvalue weighted by atomic mass is 10.0. The van der Waals surface area contributed by atoms with Crippen LogP contribution in [-0.4, -0.2) is 11.7 Å². The fraction of sp³-hybridized carbons (Fsp3) is 0.333. The number of hydrogen-bond acceptors (Lipinski definition) is 2. The van der Waals surface area contributed by atoms with E-state index in [4.69, 9.17) is 10.8 Å². The number of halogens is 3. The molecule has 5 heteroatoms. The second-order valence-electron chi connectivity index (χ2n) is 2.76. The van der Waals surface area contributed by atoms with Crippen molar-refractivity contribution in [2.24, 2.45) is 5.73 Å². The van der Waals surface area contributed by atoms with E-state index < -0.39 is 6.04 Å². The van der Waals surface area contributed by atoms with Crippen LogP contribution in [0.5, 0.6) is 0 Å². The quantitative estimate of drug-likeness (QED) is 0.895. The van der Waals surface area contributed by atoms with Crippen LogP contribution < -0.4 is 5.73 Å². The molecule has 1 aromatic rings. The van der Waals surface area contributed by atoms with Gasteiger partial charge in [0.2, 0.25) is 0 Å². The lowest BCUT2D eigenvalue weighted by Gasteiger charge is -2.11. The van der Waals surface area contributed by atoms with E-state index in [1.165, 1.54) is 0 Å². The van der Waals surface area contributed by atoms with Gasteiger partial charge in [0.05, 0.1) is 4.47 Å². The summed E-state index contributed by atoms with van der Waals surface area (Å²) in [5.41, 5.74) is 6.09. The van der Waals surface area contributed by atoms with E-state index >= 15 is 0 Å². The topological polar surface area (TPSA) is 46.2 Å². The second kappa shape index (κ2) is 6.35. The summed E-state index contributed by atoms with van der Waals surface area (Å²) in [4.78, 5) is 0. The molecule has 0 unspecified atom stereocenters. The Kier molecular flexibility index (Phi) is 6.27. The van der Waals surface area contributed by atoms with Crippen molar-refractivity contribution in [3.8, 4) is 0 Å². The van der Waals surface area contributed by atoms with Gasteiger partial charge in [-0.1, -0.05) is 12.1 Å². The van der Waals surface area contributed by atoms with Crippen molar-refractivity contribution >= 4 is 28.3 Å². The molecule has 1 aromatic carbocycles. The third kappa shape index (κ3) is 3.20. The molecule has 0 aliphatic carbocycles. The average molecular weight is 285 g/mol. The van der Waals surface area contributed by atoms with Crippen molar-refractivity contribution in [1.82, 2.24) is 0 Å². The molecule has 1 rings (SSSR count). The van der Waals surface area contributed by atoms with Gasteiger partial charge in [-0.2, -0.15) is 0 Å². The van der Waals surface area contributed by atoms with Crippen LogP contribution in [0.2, 0.25) is 0 Å². The summed E-state index contributed by atoms with van der Waals surface area (Å²) in [6.07, 6.45) is 0.368. The van der Waals surface area contributed by atoms with Gasteiger partial charge in [0.25, 0.3) is 0 Å². The Labute approximate surface area is 96.8 Å². The summed E-state index contributed by atoms with van der Waals surface area (Å²) >= 11 is 3.07. The standard InChI is InChI=1S/C9H11BrFNO.ClH/c10-7-3-1-2-6(9(7)11)8(12)4-5-13;/h1-3,8,13H,4-5,12H2;1H/t8-;/m0./s1. The van der Waals surface area contributed by atoms with E-state index in [1.54, 1.807) is 18.2 Å². The molecule has 80 valence electrons. The molecule has 0 aliphatic rings. The minimum Gasteiger partial charge on any atom is -0.396 e. The van der Waals surface area contributed by atoms with Gasteiger partial charge in [-0.3, -0.25) is 0 Å². The maximum absolute atomic E-state index is 13.4. The van der Waals surface area contributed by atoms with Gasteiger partial charge >= 0.3 is 0 Å². The largest absolute Gasteiger partial charge is 0.396 e. The SMILES string of the molecule is Cl.N[C@@H](CCO)c1cccc(Br)c1F. The molecule has 0 saturated carbocycles. The summed E-state index contributed by atoms with van der Waals surface area (Å²) in [7, 11) is 0.